The lowest BCUT2D eigenvalue weighted by Gasteiger charge is -2.19. The molecule has 3 aromatic rings. The van der Waals surface area contributed by atoms with Gasteiger partial charge in [0.1, 0.15) is 23.8 Å². The molecule has 30 heavy (non-hydrogen) atoms. The monoisotopic (exact) mass is 426 g/mol. The van der Waals surface area contributed by atoms with E-state index in [1.165, 1.54) is 0 Å². The van der Waals surface area contributed by atoms with Gasteiger partial charge >= 0.3 is 6.09 Å². The second-order valence-corrected chi connectivity index (χ2v) is 8.66. The van der Waals surface area contributed by atoms with Gasteiger partial charge in [-0.3, -0.25) is 0 Å². The van der Waals surface area contributed by atoms with E-state index in [1.54, 1.807) is 11.3 Å². The van der Waals surface area contributed by atoms with Crippen LogP contribution < -0.4 is 15.4 Å². The molecule has 0 aliphatic rings. The molecule has 1 aromatic carbocycles. The van der Waals surface area contributed by atoms with E-state index >= 15 is 0 Å². The van der Waals surface area contributed by atoms with Crippen LogP contribution in [0.25, 0.3) is 10.4 Å². The number of carbonyl (C=O) groups is 1. The Bertz CT molecular complexity index is 984. The number of aromatic nitrogens is 2. The third-order valence-corrected chi connectivity index (χ3v) is 4.73. The van der Waals surface area contributed by atoms with Gasteiger partial charge in [0.25, 0.3) is 0 Å². The van der Waals surface area contributed by atoms with Crippen LogP contribution in [0.4, 0.5) is 15.7 Å². The van der Waals surface area contributed by atoms with Crippen molar-refractivity contribution in [3.8, 4) is 16.2 Å². The Morgan fingerprint density at radius 2 is 1.93 bits per heavy atom. The van der Waals surface area contributed by atoms with Gasteiger partial charge in [-0.1, -0.05) is 41.7 Å². The minimum atomic E-state index is -0.524. The zero-order valence-corrected chi connectivity index (χ0v) is 18.4. The number of hydrogen-bond acceptors (Lipinski definition) is 7. The standard InChI is InChI=1S/C22H26N4O3S/c1-15-12-17(28-11-10-23-21(27)29-22(2,3)4)13-19(25-15)26-20-24-14-18(30-20)16-8-6-5-7-9-16/h5-9,12-14H,10-11H2,1-4H3,(H,23,27)(H,24,25,26). The molecule has 0 unspecified atom stereocenters. The van der Waals surface area contributed by atoms with Gasteiger partial charge in [0.05, 0.1) is 11.4 Å². The molecule has 0 aliphatic carbocycles. The van der Waals surface area contributed by atoms with Gasteiger partial charge in [-0.2, -0.15) is 0 Å². The maximum atomic E-state index is 11.7. The van der Waals surface area contributed by atoms with Crippen molar-refractivity contribution in [1.29, 1.82) is 0 Å². The van der Waals surface area contributed by atoms with Crippen LogP contribution in [-0.2, 0) is 4.74 Å². The van der Waals surface area contributed by atoms with Gasteiger partial charge in [0.15, 0.2) is 5.13 Å². The quantitative estimate of drug-likeness (QED) is 0.508. The summed E-state index contributed by atoms with van der Waals surface area (Å²) in [6.45, 7) is 8.02. The Kier molecular flexibility index (Phi) is 6.89. The van der Waals surface area contributed by atoms with E-state index < -0.39 is 11.7 Å². The number of ether oxygens (including phenoxy) is 2. The summed E-state index contributed by atoms with van der Waals surface area (Å²) in [6, 6.07) is 13.8. The van der Waals surface area contributed by atoms with Crippen LogP contribution in [0, 0.1) is 6.92 Å². The molecule has 3 rings (SSSR count). The molecule has 0 saturated carbocycles. The lowest BCUT2D eigenvalue weighted by molar-refractivity contribution is 0.0520. The van der Waals surface area contributed by atoms with Crippen molar-refractivity contribution in [2.75, 3.05) is 18.5 Å². The zero-order chi connectivity index (χ0) is 21.6. The van der Waals surface area contributed by atoms with Crippen molar-refractivity contribution >= 4 is 28.4 Å². The predicted octanol–water partition coefficient (Wildman–Crippen LogP) is 5.16. The largest absolute Gasteiger partial charge is 0.492 e. The van der Waals surface area contributed by atoms with Crippen molar-refractivity contribution in [3.63, 3.8) is 0 Å². The van der Waals surface area contributed by atoms with Gasteiger partial charge in [-0.15, -0.1) is 0 Å². The topological polar surface area (TPSA) is 85.4 Å². The first-order valence-electron chi connectivity index (χ1n) is 9.65. The van der Waals surface area contributed by atoms with Gasteiger partial charge in [0, 0.05) is 24.0 Å². The molecule has 0 radical (unpaired) electrons. The molecule has 0 bridgehead atoms. The average molecular weight is 427 g/mol. The summed E-state index contributed by atoms with van der Waals surface area (Å²) in [6.07, 6.45) is 1.38. The third kappa shape index (κ3) is 6.73. The number of nitrogens with zero attached hydrogens (tertiary/aromatic N) is 2. The molecule has 2 aromatic heterocycles. The van der Waals surface area contributed by atoms with Crippen molar-refractivity contribution in [2.45, 2.75) is 33.3 Å². The highest BCUT2D eigenvalue weighted by molar-refractivity contribution is 7.18. The second-order valence-electron chi connectivity index (χ2n) is 7.63. The highest BCUT2D eigenvalue weighted by Gasteiger charge is 2.15. The molecule has 7 nitrogen and oxygen atoms in total. The molecule has 0 fully saturated rings. The molecule has 2 heterocycles. The van der Waals surface area contributed by atoms with E-state index in [4.69, 9.17) is 9.47 Å². The van der Waals surface area contributed by atoms with E-state index in [0.29, 0.717) is 24.7 Å². The van der Waals surface area contributed by atoms with Crippen LogP contribution in [0.15, 0.2) is 48.7 Å². The van der Waals surface area contributed by atoms with Crippen LogP contribution in [0.3, 0.4) is 0 Å². The number of benzene rings is 1. The van der Waals surface area contributed by atoms with Gasteiger partial charge < -0.3 is 20.1 Å². The van der Waals surface area contributed by atoms with E-state index in [0.717, 1.165) is 21.3 Å². The minimum Gasteiger partial charge on any atom is -0.492 e. The number of aryl methyl sites for hydroxylation is 1. The highest BCUT2D eigenvalue weighted by Crippen LogP contribution is 2.30. The van der Waals surface area contributed by atoms with Crippen molar-refractivity contribution in [2.24, 2.45) is 0 Å². The van der Waals surface area contributed by atoms with Gasteiger partial charge in [-0.25, -0.2) is 14.8 Å². The molecule has 158 valence electrons. The van der Waals surface area contributed by atoms with Crippen molar-refractivity contribution in [1.82, 2.24) is 15.3 Å². The summed E-state index contributed by atoms with van der Waals surface area (Å²) in [5, 5.41) is 6.66. The van der Waals surface area contributed by atoms with Crippen LogP contribution in [0.1, 0.15) is 26.5 Å². The number of hydrogen-bond donors (Lipinski definition) is 2. The fourth-order valence-electron chi connectivity index (χ4n) is 2.60. The van der Waals surface area contributed by atoms with E-state index in [-0.39, 0.29) is 0 Å². The molecule has 8 heteroatoms. The van der Waals surface area contributed by atoms with E-state index in [1.807, 2.05) is 64.2 Å². The lowest BCUT2D eigenvalue weighted by Crippen LogP contribution is -2.34. The second kappa shape index (κ2) is 9.58. The highest BCUT2D eigenvalue weighted by atomic mass is 32.1. The minimum absolute atomic E-state index is 0.317. The number of pyridine rings is 1. The summed E-state index contributed by atoms with van der Waals surface area (Å²) in [5.74, 6) is 1.31. The van der Waals surface area contributed by atoms with Crippen LogP contribution in [0.2, 0.25) is 0 Å². The Balaban J connectivity index is 1.55. The number of rotatable bonds is 7. The number of alkyl carbamates (subject to hydrolysis) is 1. The summed E-state index contributed by atoms with van der Waals surface area (Å²) < 4.78 is 11.0. The van der Waals surface area contributed by atoms with Crippen molar-refractivity contribution < 1.29 is 14.3 Å². The molecule has 2 N–H and O–H groups in total. The van der Waals surface area contributed by atoms with E-state index in [2.05, 4.69) is 32.7 Å². The average Bonchev–Trinajstić information content (AvgIpc) is 3.13. The fourth-order valence-corrected chi connectivity index (χ4v) is 3.43. The summed E-state index contributed by atoms with van der Waals surface area (Å²) in [4.78, 5) is 21.7. The maximum absolute atomic E-state index is 11.7. The summed E-state index contributed by atoms with van der Waals surface area (Å²) >= 11 is 1.56. The zero-order valence-electron chi connectivity index (χ0n) is 17.6. The lowest BCUT2D eigenvalue weighted by atomic mass is 10.2. The van der Waals surface area contributed by atoms with Crippen molar-refractivity contribution in [3.05, 3.63) is 54.4 Å². The molecule has 0 spiro atoms. The smallest absolute Gasteiger partial charge is 0.407 e. The van der Waals surface area contributed by atoms with Crippen LogP contribution in [0.5, 0.6) is 5.75 Å². The molecule has 0 aliphatic heterocycles. The first kappa shape index (κ1) is 21.6. The number of amides is 1. The van der Waals surface area contributed by atoms with Crippen LogP contribution >= 0.6 is 11.3 Å². The number of anilines is 2. The summed E-state index contributed by atoms with van der Waals surface area (Å²) in [5.41, 5.74) is 1.42. The van der Waals surface area contributed by atoms with Gasteiger partial charge in [0.2, 0.25) is 0 Å². The Morgan fingerprint density at radius 3 is 2.67 bits per heavy atom. The Labute approximate surface area is 180 Å². The Hall–Kier alpha value is -3.13. The molecule has 1 amide bonds. The SMILES string of the molecule is Cc1cc(OCCNC(=O)OC(C)(C)C)cc(Nc2ncc(-c3ccccc3)s2)n1. The first-order valence-corrected chi connectivity index (χ1v) is 10.5. The van der Waals surface area contributed by atoms with Gasteiger partial charge in [-0.05, 0) is 33.3 Å². The number of carbonyl (C=O) groups excluding carboxylic acids is 1. The fraction of sp³-hybridized carbons (Fsp3) is 0.318. The first-order chi connectivity index (χ1) is 14.3. The molecule has 0 saturated heterocycles. The molecular formula is C22H26N4O3S. The predicted molar refractivity (Wildman–Crippen MR) is 120 cm³/mol. The van der Waals surface area contributed by atoms with Crippen LogP contribution in [-0.4, -0.2) is 34.8 Å². The molecule has 0 atom stereocenters. The third-order valence-electron chi connectivity index (χ3n) is 3.76. The van der Waals surface area contributed by atoms with E-state index in [9.17, 15) is 4.79 Å². The maximum Gasteiger partial charge on any atom is 0.407 e. The number of thiazole rings is 1. The molecular weight excluding hydrogens is 400 g/mol. The number of nitrogens with one attached hydrogen (secondary N) is 2. The Morgan fingerprint density at radius 1 is 1.17 bits per heavy atom. The summed E-state index contributed by atoms with van der Waals surface area (Å²) in [7, 11) is 0. The normalized spacial score (nSPS) is 11.1.